The molecule has 2 aliphatic rings. The number of rotatable bonds is 3. The molecule has 2 fully saturated rings. The lowest BCUT2D eigenvalue weighted by Gasteiger charge is -2.43. The molecular formula is C22H27Cl2N5O. The fourth-order valence-corrected chi connectivity index (χ4v) is 4.94. The first kappa shape index (κ1) is 22.5. The molecule has 0 saturated heterocycles. The molecule has 2 saturated carbocycles. The van der Waals surface area contributed by atoms with Crippen molar-refractivity contribution in [1.82, 2.24) is 14.4 Å². The van der Waals surface area contributed by atoms with Crippen LogP contribution in [0.1, 0.15) is 32.1 Å². The summed E-state index contributed by atoms with van der Waals surface area (Å²) >= 11 is 0. The molecule has 3 N–H and O–H groups in total. The number of benzene rings is 1. The Morgan fingerprint density at radius 1 is 1.10 bits per heavy atom. The van der Waals surface area contributed by atoms with Crippen LogP contribution in [-0.4, -0.2) is 26.3 Å². The maximum Gasteiger partial charge on any atom is 0.234 e. The van der Waals surface area contributed by atoms with Crippen molar-refractivity contribution in [2.75, 3.05) is 5.32 Å². The first-order chi connectivity index (χ1) is 13.7. The van der Waals surface area contributed by atoms with E-state index in [-0.39, 0.29) is 42.7 Å². The van der Waals surface area contributed by atoms with Crippen molar-refractivity contribution in [2.45, 2.75) is 38.1 Å². The van der Waals surface area contributed by atoms with Gasteiger partial charge in [0.15, 0.2) is 0 Å². The van der Waals surface area contributed by atoms with Gasteiger partial charge in [-0.25, -0.2) is 9.97 Å². The Morgan fingerprint density at radius 2 is 1.80 bits per heavy atom. The zero-order valence-electron chi connectivity index (χ0n) is 16.6. The molecule has 0 aliphatic heterocycles. The van der Waals surface area contributed by atoms with Gasteiger partial charge in [0, 0.05) is 41.8 Å². The number of aromatic nitrogens is 3. The molecule has 2 bridgehead atoms. The number of nitrogens with two attached hydrogens (primary N) is 1. The quantitative estimate of drug-likeness (QED) is 0.625. The Morgan fingerprint density at radius 3 is 2.47 bits per heavy atom. The number of fused-ring (bicyclic) bond motifs is 3. The van der Waals surface area contributed by atoms with E-state index in [0.717, 1.165) is 29.8 Å². The SMILES string of the molecule is Cl.Cl.NC1C2CCCC1CC(C(=O)Nc1ccc(-c3cn4cccnc4n3)cc1)C2. The molecule has 6 nitrogen and oxygen atoms in total. The number of halogens is 2. The smallest absolute Gasteiger partial charge is 0.234 e. The molecule has 2 heterocycles. The molecule has 1 aromatic carbocycles. The Labute approximate surface area is 188 Å². The normalized spacial score (nSPS) is 25.1. The highest BCUT2D eigenvalue weighted by Gasteiger charge is 2.40. The lowest BCUT2D eigenvalue weighted by molar-refractivity contribution is -0.122. The number of imidazole rings is 1. The summed E-state index contributed by atoms with van der Waals surface area (Å²) in [6, 6.07) is 10.0. The standard InChI is InChI=1S/C22H25N5O.2ClH/c23-20-15-3-1-4-16(20)12-17(11-15)21(28)25-18-7-5-14(6-8-18)19-13-27-10-2-9-24-22(27)26-19;;/h2,5-10,13,15-17,20H,1,3-4,11-12,23H2,(H,25,28);2*1H. The van der Waals surface area contributed by atoms with Gasteiger partial charge in [-0.3, -0.25) is 9.20 Å². The lowest BCUT2D eigenvalue weighted by Crippen LogP contribution is -2.48. The highest BCUT2D eigenvalue weighted by atomic mass is 35.5. The summed E-state index contributed by atoms with van der Waals surface area (Å²) in [6.07, 6.45) is 11.1. The van der Waals surface area contributed by atoms with Crippen molar-refractivity contribution in [3.8, 4) is 11.3 Å². The van der Waals surface area contributed by atoms with E-state index in [9.17, 15) is 4.79 Å². The largest absolute Gasteiger partial charge is 0.327 e. The zero-order chi connectivity index (χ0) is 19.1. The van der Waals surface area contributed by atoms with E-state index in [1.54, 1.807) is 6.20 Å². The van der Waals surface area contributed by atoms with Gasteiger partial charge in [-0.1, -0.05) is 18.6 Å². The van der Waals surface area contributed by atoms with Gasteiger partial charge in [0.25, 0.3) is 0 Å². The second kappa shape index (κ2) is 9.33. The van der Waals surface area contributed by atoms with Crippen LogP contribution in [0.5, 0.6) is 0 Å². The summed E-state index contributed by atoms with van der Waals surface area (Å²) in [7, 11) is 0. The molecule has 8 heteroatoms. The van der Waals surface area contributed by atoms with Crippen LogP contribution in [0, 0.1) is 17.8 Å². The number of nitrogens with zero attached hydrogens (tertiary/aromatic N) is 3. The predicted octanol–water partition coefficient (Wildman–Crippen LogP) is 4.33. The topological polar surface area (TPSA) is 85.3 Å². The highest BCUT2D eigenvalue weighted by Crippen LogP contribution is 2.42. The highest BCUT2D eigenvalue weighted by molar-refractivity contribution is 5.93. The van der Waals surface area contributed by atoms with Crippen LogP contribution < -0.4 is 11.1 Å². The maximum atomic E-state index is 12.8. The summed E-state index contributed by atoms with van der Waals surface area (Å²) in [6.45, 7) is 0. The van der Waals surface area contributed by atoms with Crippen molar-refractivity contribution in [2.24, 2.45) is 23.5 Å². The fraction of sp³-hybridized carbons (Fsp3) is 0.409. The summed E-state index contributed by atoms with van der Waals surface area (Å²) in [5.41, 5.74) is 9.05. The second-order valence-corrected chi connectivity index (χ2v) is 8.22. The van der Waals surface area contributed by atoms with Gasteiger partial charge in [0.1, 0.15) is 0 Å². The summed E-state index contributed by atoms with van der Waals surface area (Å²) in [4.78, 5) is 21.6. The molecule has 2 aromatic heterocycles. The van der Waals surface area contributed by atoms with Crippen LogP contribution in [0.15, 0.2) is 48.9 Å². The summed E-state index contributed by atoms with van der Waals surface area (Å²) < 4.78 is 1.90. The van der Waals surface area contributed by atoms with Gasteiger partial charge < -0.3 is 11.1 Å². The Kier molecular flexibility index (Phi) is 7.01. The summed E-state index contributed by atoms with van der Waals surface area (Å²) in [5, 5.41) is 3.10. The molecule has 5 rings (SSSR count). The van der Waals surface area contributed by atoms with E-state index in [0.29, 0.717) is 17.6 Å². The second-order valence-electron chi connectivity index (χ2n) is 8.22. The first-order valence-electron chi connectivity index (χ1n) is 10.1. The van der Waals surface area contributed by atoms with Gasteiger partial charge in [0.05, 0.1) is 5.69 Å². The van der Waals surface area contributed by atoms with E-state index < -0.39 is 0 Å². The van der Waals surface area contributed by atoms with Crippen LogP contribution in [0.2, 0.25) is 0 Å². The minimum atomic E-state index is 0. The molecule has 160 valence electrons. The number of carbonyl (C=O) groups is 1. The van der Waals surface area contributed by atoms with E-state index in [4.69, 9.17) is 5.73 Å². The Hall–Kier alpha value is -2.15. The minimum absolute atomic E-state index is 0. The van der Waals surface area contributed by atoms with E-state index in [2.05, 4.69) is 15.3 Å². The molecule has 30 heavy (non-hydrogen) atoms. The maximum absolute atomic E-state index is 12.8. The molecule has 0 radical (unpaired) electrons. The van der Waals surface area contributed by atoms with Crippen LogP contribution in [0.3, 0.4) is 0 Å². The first-order valence-corrected chi connectivity index (χ1v) is 10.1. The van der Waals surface area contributed by atoms with Crippen molar-refractivity contribution in [3.05, 3.63) is 48.9 Å². The molecular weight excluding hydrogens is 421 g/mol. The van der Waals surface area contributed by atoms with E-state index in [1.807, 2.05) is 47.1 Å². The number of anilines is 1. The van der Waals surface area contributed by atoms with Gasteiger partial charge in [0.2, 0.25) is 11.7 Å². The Bertz CT molecular complexity index is 959. The molecule has 2 atom stereocenters. The number of hydrogen-bond acceptors (Lipinski definition) is 4. The van der Waals surface area contributed by atoms with Crippen LogP contribution in [0.25, 0.3) is 17.0 Å². The number of nitrogens with one attached hydrogen (secondary N) is 1. The van der Waals surface area contributed by atoms with Gasteiger partial charge in [-0.15, -0.1) is 24.8 Å². The van der Waals surface area contributed by atoms with Crippen molar-refractivity contribution in [3.63, 3.8) is 0 Å². The third-order valence-electron chi connectivity index (χ3n) is 6.47. The number of amides is 1. The summed E-state index contributed by atoms with van der Waals surface area (Å²) in [5.74, 6) is 1.91. The third-order valence-corrected chi connectivity index (χ3v) is 6.47. The fourth-order valence-electron chi connectivity index (χ4n) is 4.94. The molecule has 2 aliphatic carbocycles. The molecule has 0 spiro atoms. The van der Waals surface area contributed by atoms with Gasteiger partial charge in [-0.2, -0.15) is 0 Å². The molecule has 1 amide bonds. The van der Waals surface area contributed by atoms with Crippen LogP contribution >= 0.6 is 24.8 Å². The van der Waals surface area contributed by atoms with Gasteiger partial charge >= 0.3 is 0 Å². The number of carbonyl (C=O) groups excluding carboxylic acids is 1. The van der Waals surface area contributed by atoms with Crippen molar-refractivity contribution >= 4 is 42.2 Å². The van der Waals surface area contributed by atoms with E-state index in [1.165, 1.54) is 19.3 Å². The van der Waals surface area contributed by atoms with Crippen molar-refractivity contribution < 1.29 is 4.79 Å². The minimum Gasteiger partial charge on any atom is -0.327 e. The average Bonchev–Trinajstić information content (AvgIpc) is 3.12. The Balaban J connectivity index is 0.00000128. The van der Waals surface area contributed by atoms with Crippen LogP contribution in [-0.2, 0) is 4.79 Å². The lowest BCUT2D eigenvalue weighted by atomic mass is 9.65. The van der Waals surface area contributed by atoms with E-state index >= 15 is 0 Å². The number of hydrogen-bond donors (Lipinski definition) is 2. The van der Waals surface area contributed by atoms with Crippen molar-refractivity contribution in [1.29, 1.82) is 0 Å². The zero-order valence-corrected chi connectivity index (χ0v) is 18.2. The predicted molar refractivity (Wildman–Crippen MR) is 123 cm³/mol. The monoisotopic (exact) mass is 447 g/mol. The van der Waals surface area contributed by atoms with Gasteiger partial charge in [-0.05, 0) is 55.7 Å². The van der Waals surface area contributed by atoms with Crippen LogP contribution in [0.4, 0.5) is 5.69 Å². The average molecular weight is 448 g/mol. The molecule has 2 unspecified atom stereocenters. The third kappa shape index (κ3) is 4.31. The molecule has 3 aromatic rings.